The van der Waals surface area contributed by atoms with Gasteiger partial charge in [-0.05, 0) is 60.3 Å². The van der Waals surface area contributed by atoms with Crippen LogP contribution >= 0.6 is 0 Å². The molecule has 7 nitrogen and oxygen atoms in total. The van der Waals surface area contributed by atoms with E-state index in [0.717, 1.165) is 30.8 Å². The molecule has 0 saturated carbocycles. The van der Waals surface area contributed by atoms with Gasteiger partial charge in [0, 0.05) is 26.2 Å². The summed E-state index contributed by atoms with van der Waals surface area (Å²) in [6.07, 6.45) is 3.15. The van der Waals surface area contributed by atoms with Crippen LogP contribution in [0.15, 0.2) is 72.4 Å². The third-order valence-corrected chi connectivity index (χ3v) is 7.40. The summed E-state index contributed by atoms with van der Waals surface area (Å²) in [5.74, 6) is 0.748. The number of piperidine rings is 1. The van der Waals surface area contributed by atoms with E-state index in [-0.39, 0.29) is 18.5 Å². The normalized spacial score (nSPS) is 19.3. The molecule has 2 aliphatic rings. The number of urea groups is 1. The van der Waals surface area contributed by atoms with Crippen molar-refractivity contribution in [2.24, 2.45) is 0 Å². The number of carbonyl (C=O) groups excluding carboxylic acids is 2. The van der Waals surface area contributed by atoms with E-state index in [4.69, 9.17) is 4.74 Å². The van der Waals surface area contributed by atoms with Crippen LogP contribution in [-0.2, 0) is 4.79 Å². The highest BCUT2D eigenvalue weighted by molar-refractivity contribution is 6.13. The van der Waals surface area contributed by atoms with Gasteiger partial charge >= 0.3 is 6.03 Å². The van der Waals surface area contributed by atoms with E-state index < -0.39 is 6.10 Å². The van der Waals surface area contributed by atoms with E-state index in [2.05, 4.69) is 47.4 Å². The van der Waals surface area contributed by atoms with E-state index in [0.29, 0.717) is 29.5 Å². The molecule has 0 bridgehead atoms. The third-order valence-electron chi connectivity index (χ3n) is 7.40. The third kappa shape index (κ3) is 5.38. The predicted molar refractivity (Wildman–Crippen MR) is 144 cm³/mol. The van der Waals surface area contributed by atoms with Gasteiger partial charge < -0.3 is 14.7 Å². The molecule has 1 N–H and O–H groups in total. The second kappa shape index (κ2) is 10.7. The van der Waals surface area contributed by atoms with Crippen LogP contribution in [0.4, 0.5) is 4.79 Å². The quantitative estimate of drug-likeness (QED) is 0.387. The SMILES string of the molecule is CN1C(=O)/C(=C/c2ccccc2OC[C@@H](O)CN2CCC(c3ccc4ccccc4c3)CC2)N(C)C1=O. The summed E-state index contributed by atoms with van der Waals surface area (Å²) in [5, 5.41) is 13.3. The van der Waals surface area contributed by atoms with Gasteiger partial charge in [-0.2, -0.15) is 0 Å². The molecular weight excluding hydrogens is 466 g/mol. The number of likely N-dealkylation sites (tertiary alicyclic amines) is 1. The number of amides is 3. The number of β-amino-alcohol motifs (C(OH)–C–C–N with tert-alkyl or cyclic N) is 1. The Labute approximate surface area is 217 Å². The maximum absolute atomic E-state index is 12.4. The number of hydrogen-bond acceptors (Lipinski definition) is 5. The van der Waals surface area contributed by atoms with Crippen LogP contribution in [0.25, 0.3) is 16.8 Å². The van der Waals surface area contributed by atoms with Crippen molar-refractivity contribution in [3.05, 3.63) is 83.6 Å². The monoisotopic (exact) mass is 499 g/mol. The molecular formula is C30H33N3O4. The first kappa shape index (κ1) is 25.0. The molecule has 1 atom stereocenters. The Morgan fingerprint density at radius 1 is 0.946 bits per heavy atom. The van der Waals surface area contributed by atoms with Crippen LogP contribution in [0.3, 0.4) is 0 Å². The number of hydrogen-bond donors (Lipinski definition) is 1. The Hall–Kier alpha value is -3.68. The first-order valence-electron chi connectivity index (χ1n) is 12.8. The fourth-order valence-electron chi connectivity index (χ4n) is 5.21. The van der Waals surface area contributed by atoms with Gasteiger partial charge in [0.2, 0.25) is 0 Å². The zero-order chi connectivity index (χ0) is 25.9. The van der Waals surface area contributed by atoms with Gasteiger partial charge in [0.15, 0.2) is 0 Å². The van der Waals surface area contributed by atoms with Gasteiger partial charge in [0.05, 0.1) is 0 Å². The van der Waals surface area contributed by atoms with Crippen molar-refractivity contribution < 1.29 is 19.4 Å². The molecule has 0 aliphatic carbocycles. The van der Waals surface area contributed by atoms with Crippen LogP contribution in [0.1, 0.15) is 29.9 Å². The fraction of sp³-hybridized carbons (Fsp3) is 0.333. The summed E-state index contributed by atoms with van der Waals surface area (Å²) >= 11 is 0. The number of ether oxygens (including phenoxy) is 1. The molecule has 0 unspecified atom stereocenters. The van der Waals surface area contributed by atoms with Crippen molar-refractivity contribution in [1.82, 2.24) is 14.7 Å². The predicted octanol–water partition coefficient (Wildman–Crippen LogP) is 4.32. The Morgan fingerprint density at radius 3 is 2.38 bits per heavy atom. The van der Waals surface area contributed by atoms with E-state index in [1.165, 1.54) is 28.3 Å². The van der Waals surface area contributed by atoms with E-state index >= 15 is 0 Å². The van der Waals surface area contributed by atoms with Gasteiger partial charge in [-0.3, -0.25) is 14.6 Å². The molecule has 2 aliphatic heterocycles. The Kier molecular flexibility index (Phi) is 7.26. The maximum Gasteiger partial charge on any atom is 0.331 e. The number of fused-ring (bicyclic) bond motifs is 1. The van der Waals surface area contributed by atoms with Crippen LogP contribution in [-0.4, -0.2) is 78.2 Å². The van der Waals surface area contributed by atoms with Gasteiger partial charge in [-0.1, -0.05) is 60.7 Å². The number of likely N-dealkylation sites (N-methyl/N-ethyl adjacent to an activating group) is 2. The van der Waals surface area contributed by atoms with Crippen LogP contribution in [0.2, 0.25) is 0 Å². The van der Waals surface area contributed by atoms with Crippen molar-refractivity contribution in [2.75, 3.05) is 40.3 Å². The zero-order valence-corrected chi connectivity index (χ0v) is 21.3. The fourth-order valence-corrected chi connectivity index (χ4v) is 5.21. The molecule has 2 heterocycles. The standard InChI is InChI=1S/C30H33N3O4/c1-31-27(29(35)32(2)30(31)36)18-25-9-5-6-10-28(25)37-20-26(34)19-33-15-13-22(14-16-33)24-12-11-21-7-3-4-8-23(21)17-24/h3-12,17-18,22,26,34H,13-16,19-20H2,1-2H3/b27-18-/t26-/m0/s1. The molecule has 3 amide bonds. The number of aliphatic hydroxyl groups excluding tert-OH is 1. The molecule has 3 aromatic carbocycles. The molecule has 7 heteroatoms. The number of benzene rings is 3. The summed E-state index contributed by atoms with van der Waals surface area (Å²) in [7, 11) is 3.04. The summed E-state index contributed by atoms with van der Waals surface area (Å²) in [6, 6.07) is 22.2. The van der Waals surface area contributed by atoms with Gasteiger partial charge in [-0.25, -0.2) is 4.79 Å². The molecule has 0 spiro atoms. The van der Waals surface area contributed by atoms with Crippen LogP contribution in [0.5, 0.6) is 5.75 Å². The van der Waals surface area contributed by atoms with Gasteiger partial charge in [-0.15, -0.1) is 0 Å². The summed E-state index contributed by atoms with van der Waals surface area (Å²) < 4.78 is 5.96. The molecule has 0 radical (unpaired) electrons. The van der Waals surface area contributed by atoms with Crippen molar-refractivity contribution in [3.8, 4) is 5.75 Å². The molecule has 2 saturated heterocycles. The van der Waals surface area contributed by atoms with E-state index in [1.807, 2.05) is 18.2 Å². The lowest BCUT2D eigenvalue weighted by atomic mass is 9.88. The lowest BCUT2D eigenvalue weighted by molar-refractivity contribution is -0.122. The minimum absolute atomic E-state index is 0.146. The average molecular weight is 500 g/mol. The highest BCUT2D eigenvalue weighted by Gasteiger charge is 2.36. The first-order chi connectivity index (χ1) is 17.9. The van der Waals surface area contributed by atoms with Crippen molar-refractivity contribution in [1.29, 1.82) is 0 Å². The largest absolute Gasteiger partial charge is 0.490 e. The summed E-state index contributed by atoms with van der Waals surface area (Å²) in [6.45, 7) is 2.57. The van der Waals surface area contributed by atoms with Crippen LogP contribution in [0, 0.1) is 0 Å². The van der Waals surface area contributed by atoms with E-state index in [1.54, 1.807) is 19.2 Å². The summed E-state index contributed by atoms with van der Waals surface area (Å²) in [5.41, 5.74) is 2.37. The zero-order valence-electron chi connectivity index (χ0n) is 21.3. The molecule has 3 aromatic rings. The highest BCUT2D eigenvalue weighted by Crippen LogP contribution is 2.30. The van der Waals surface area contributed by atoms with Crippen molar-refractivity contribution in [2.45, 2.75) is 24.9 Å². The second-order valence-corrected chi connectivity index (χ2v) is 9.92. The van der Waals surface area contributed by atoms with Crippen LogP contribution < -0.4 is 4.74 Å². The van der Waals surface area contributed by atoms with E-state index in [9.17, 15) is 14.7 Å². The lowest BCUT2D eigenvalue weighted by Crippen LogP contribution is -2.40. The van der Waals surface area contributed by atoms with Gasteiger partial charge in [0.25, 0.3) is 5.91 Å². The topological polar surface area (TPSA) is 73.3 Å². The number of aliphatic hydroxyl groups is 1. The lowest BCUT2D eigenvalue weighted by Gasteiger charge is -2.33. The molecule has 0 aromatic heterocycles. The Bertz CT molecular complexity index is 1330. The number of rotatable bonds is 7. The minimum atomic E-state index is -0.638. The second-order valence-electron chi connectivity index (χ2n) is 9.92. The number of nitrogens with zero attached hydrogens (tertiary/aromatic N) is 3. The number of para-hydroxylation sites is 1. The van der Waals surface area contributed by atoms with Gasteiger partial charge in [0.1, 0.15) is 24.2 Å². The Balaban J connectivity index is 1.15. The minimum Gasteiger partial charge on any atom is -0.490 e. The number of imide groups is 1. The smallest absolute Gasteiger partial charge is 0.331 e. The van der Waals surface area contributed by atoms with Crippen molar-refractivity contribution >= 4 is 28.8 Å². The number of carbonyl (C=O) groups is 2. The molecule has 37 heavy (non-hydrogen) atoms. The maximum atomic E-state index is 12.4. The molecule has 192 valence electrons. The first-order valence-corrected chi connectivity index (χ1v) is 12.8. The Morgan fingerprint density at radius 2 is 1.65 bits per heavy atom. The summed E-state index contributed by atoms with van der Waals surface area (Å²) in [4.78, 5) is 29.2. The molecule has 2 fully saturated rings. The van der Waals surface area contributed by atoms with Crippen molar-refractivity contribution in [3.63, 3.8) is 0 Å². The molecule has 5 rings (SSSR count). The highest BCUT2D eigenvalue weighted by atomic mass is 16.5. The average Bonchev–Trinajstić information content (AvgIpc) is 3.10.